The molecule has 1 saturated carbocycles. The molecule has 0 aromatic heterocycles. The van der Waals surface area contributed by atoms with Crippen molar-refractivity contribution in [2.24, 2.45) is 11.7 Å². The number of aliphatic hydroxyl groups excluding tert-OH is 1. The van der Waals surface area contributed by atoms with Crippen LogP contribution in [0.15, 0.2) is 22.7 Å². The minimum Gasteiger partial charge on any atom is -0.393 e. The maximum Gasteiger partial charge on any atom is 0.0546 e. The van der Waals surface area contributed by atoms with Crippen molar-refractivity contribution in [1.82, 2.24) is 0 Å². The van der Waals surface area contributed by atoms with Gasteiger partial charge >= 0.3 is 0 Å². The summed E-state index contributed by atoms with van der Waals surface area (Å²) >= 11 is 3.49. The highest BCUT2D eigenvalue weighted by Gasteiger charge is 2.28. The minimum atomic E-state index is -0.0822. The molecule has 18 heavy (non-hydrogen) atoms. The van der Waals surface area contributed by atoms with E-state index < -0.39 is 0 Å². The molecule has 1 atom stereocenters. The number of nitrogens with two attached hydrogens (primary N) is 1. The molecule has 2 rings (SSSR count). The first-order chi connectivity index (χ1) is 8.47. The molecule has 1 aromatic rings. The van der Waals surface area contributed by atoms with Gasteiger partial charge in [-0.3, -0.25) is 0 Å². The molecule has 0 bridgehead atoms. The molecule has 1 aliphatic carbocycles. The molecule has 4 heteroatoms. The van der Waals surface area contributed by atoms with Crippen LogP contribution in [0.5, 0.6) is 0 Å². The van der Waals surface area contributed by atoms with Gasteiger partial charge in [0.25, 0.3) is 0 Å². The zero-order valence-electron chi connectivity index (χ0n) is 10.9. The van der Waals surface area contributed by atoms with E-state index in [2.05, 4.69) is 40.0 Å². The van der Waals surface area contributed by atoms with Crippen molar-refractivity contribution in [3.63, 3.8) is 0 Å². The maximum atomic E-state index is 9.34. The van der Waals surface area contributed by atoms with Crippen LogP contribution in [0.2, 0.25) is 0 Å². The Morgan fingerprint density at radius 3 is 2.72 bits per heavy atom. The number of rotatable bonds is 4. The first-order valence-corrected chi connectivity index (χ1v) is 7.21. The highest BCUT2D eigenvalue weighted by Crippen LogP contribution is 2.32. The van der Waals surface area contributed by atoms with Crippen LogP contribution in [0.3, 0.4) is 0 Å². The third kappa shape index (κ3) is 3.05. The fourth-order valence-corrected chi connectivity index (χ4v) is 2.95. The summed E-state index contributed by atoms with van der Waals surface area (Å²) in [6.45, 7) is 2.99. The van der Waals surface area contributed by atoms with E-state index >= 15 is 0 Å². The number of halogens is 1. The SMILES string of the molecule is CC(N)c1cc(Br)ccc1N(C)CC1CC(O)C1. The van der Waals surface area contributed by atoms with Crippen molar-refractivity contribution in [3.8, 4) is 0 Å². The maximum absolute atomic E-state index is 9.34. The van der Waals surface area contributed by atoms with Crippen molar-refractivity contribution >= 4 is 21.6 Å². The van der Waals surface area contributed by atoms with E-state index in [0.29, 0.717) is 5.92 Å². The number of benzene rings is 1. The second-order valence-electron chi connectivity index (χ2n) is 5.36. The summed E-state index contributed by atoms with van der Waals surface area (Å²) in [7, 11) is 2.10. The molecule has 1 unspecified atom stereocenters. The smallest absolute Gasteiger partial charge is 0.0546 e. The highest BCUT2D eigenvalue weighted by molar-refractivity contribution is 9.10. The Balaban J connectivity index is 2.11. The van der Waals surface area contributed by atoms with Crippen molar-refractivity contribution in [3.05, 3.63) is 28.2 Å². The van der Waals surface area contributed by atoms with Gasteiger partial charge in [-0.05, 0) is 49.4 Å². The number of hydrogen-bond donors (Lipinski definition) is 2. The van der Waals surface area contributed by atoms with Gasteiger partial charge in [0.2, 0.25) is 0 Å². The number of hydrogen-bond acceptors (Lipinski definition) is 3. The molecule has 1 aliphatic rings. The average Bonchev–Trinajstić information content (AvgIpc) is 2.26. The summed E-state index contributed by atoms with van der Waals surface area (Å²) in [4.78, 5) is 2.25. The minimum absolute atomic E-state index is 0.0203. The predicted molar refractivity (Wildman–Crippen MR) is 78.7 cm³/mol. The highest BCUT2D eigenvalue weighted by atomic mass is 79.9. The Morgan fingerprint density at radius 2 is 2.17 bits per heavy atom. The molecule has 0 heterocycles. The quantitative estimate of drug-likeness (QED) is 0.898. The molecule has 3 N–H and O–H groups in total. The molecule has 0 amide bonds. The van der Waals surface area contributed by atoms with Crippen LogP contribution in [-0.2, 0) is 0 Å². The lowest BCUT2D eigenvalue weighted by atomic mass is 9.82. The molecule has 3 nitrogen and oxygen atoms in total. The summed E-state index contributed by atoms with van der Waals surface area (Å²) in [6, 6.07) is 6.27. The van der Waals surface area contributed by atoms with Crippen LogP contribution in [0, 0.1) is 5.92 Å². The monoisotopic (exact) mass is 312 g/mol. The van der Waals surface area contributed by atoms with Crippen LogP contribution < -0.4 is 10.6 Å². The van der Waals surface area contributed by atoms with Gasteiger partial charge < -0.3 is 15.7 Å². The molecule has 0 aliphatic heterocycles. The number of nitrogens with zero attached hydrogens (tertiary/aromatic N) is 1. The fraction of sp³-hybridized carbons (Fsp3) is 0.571. The molecular formula is C14H21BrN2O. The second-order valence-corrected chi connectivity index (χ2v) is 6.28. The van der Waals surface area contributed by atoms with Crippen molar-refractivity contribution in [2.75, 3.05) is 18.5 Å². The van der Waals surface area contributed by atoms with Gasteiger partial charge in [0.05, 0.1) is 6.10 Å². The summed E-state index contributed by atoms with van der Waals surface area (Å²) in [5, 5.41) is 9.34. The van der Waals surface area contributed by atoms with Crippen molar-refractivity contribution in [2.45, 2.75) is 31.9 Å². The second kappa shape index (κ2) is 5.59. The molecule has 0 saturated heterocycles. The summed E-state index contributed by atoms with van der Waals surface area (Å²) in [5.41, 5.74) is 8.38. The van der Waals surface area contributed by atoms with Crippen LogP contribution in [0.4, 0.5) is 5.69 Å². The van der Waals surface area contributed by atoms with Crippen LogP contribution >= 0.6 is 15.9 Å². The van der Waals surface area contributed by atoms with Crippen LogP contribution in [0.1, 0.15) is 31.4 Å². The summed E-state index contributed by atoms with van der Waals surface area (Å²) in [6.07, 6.45) is 1.77. The zero-order valence-corrected chi connectivity index (χ0v) is 12.5. The fourth-order valence-electron chi connectivity index (χ4n) is 2.57. The van der Waals surface area contributed by atoms with E-state index in [1.165, 1.54) is 5.69 Å². The van der Waals surface area contributed by atoms with Gasteiger partial charge in [-0.1, -0.05) is 15.9 Å². The van der Waals surface area contributed by atoms with Crippen molar-refractivity contribution < 1.29 is 5.11 Å². The van der Waals surface area contributed by atoms with Gasteiger partial charge in [0.1, 0.15) is 0 Å². The largest absolute Gasteiger partial charge is 0.393 e. The van der Waals surface area contributed by atoms with E-state index in [-0.39, 0.29) is 12.1 Å². The summed E-state index contributed by atoms with van der Waals surface area (Å²) < 4.78 is 1.06. The van der Waals surface area contributed by atoms with Gasteiger partial charge in [-0.25, -0.2) is 0 Å². The normalized spacial score (nSPS) is 24.5. The van der Waals surface area contributed by atoms with Gasteiger partial charge in [-0.2, -0.15) is 0 Å². The standard InChI is InChI=1S/C14H21BrN2O/c1-9(16)13-7-11(15)3-4-14(13)17(2)8-10-5-12(18)6-10/h3-4,7,9-10,12,18H,5-6,8,16H2,1-2H3. The Morgan fingerprint density at radius 1 is 1.50 bits per heavy atom. The topological polar surface area (TPSA) is 49.5 Å². The van der Waals surface area contributed by atoms with Crippen molar-refractivity contribution in [1.29, 1.82) is 0 Å². The number of aliphatic hydroxyl groups is 1. The molecular weight excluding hydrogens is 292 g/mol. The third-order valence-corrected chi connectivity index (χ3v) is 4.13. The Bertz CT molecular complexity index is 416. The van der Waals surface area contributed by atoms with E-state index in [1.807, 2.05) is 13.0 Å². The van der Waals surface area contributed by atoms with Crippen LogP contribution in [-0.4, -0.2) is 24.8 Å². The first-order valence-electron chi connectivity index (χ1n) is 6.41. The van der Waals surface area contributed by atoms with Gasteiger partial charge in [-0.15, -0.1) is 0 Å². The van der Waals surface area contributed by atoms with Gasteiger partial charge in [0, 0.05) is 29.8 Å². The van der Waals surface area contributed by atoms with Gasteiger partial charge in [0.15, 0.2) is 0 Å². The molecule has 1 aromatic carbocycles. The lowest BCUT2D eigenvalue weighted by Gasteiger charge is -2.36. The third-order valence-electron chi connectivity index (χ3n) is 3.63. The Kier molecular flexibility index (Phi) is 4.30. The lowest BCUT2D eigenvalue weighted by molar-refractivity contribution is 0.0464. The van der Waals surface area contributed by atoms with Crippen LogP contribution in [0.25, 0.3) is 0 Å². The average molecular weight is 313 g/mol. The molecule has 0 radical (unpaired) electrons. The summed E-state index contributed by atoms with van der Waals surface area (Å²) in [5.74, 6) is 0.606. The first kappa shape index (κ1) is 13.8. The zero-order chi connectivity index (χ0) is 13.3. The van der Waals surface area contributed by atoms with E-state index in [1.54, 1.807) is 0 Å². The molecule has 1 fully saturated rings. The predicted octanol–water partition coefficient (Wildman–Crippen LogP) is 2.68. The Hall–Kier alpha value is -0.580. The van der Waals surface area contributed by atoms with E-state index in [4.69, 9.17) is 5.73 Å². The molecule has 0 spiro atoms. The molecule has 100 valence electrons. The Labute approximate surface area is 117 Å². The lowest BCUT2D eigenvalue weighted by Crippen LogP contribution is -2.37. The number of anilines is 1. The van der Waals surface area contributed by atoms with E-state index in [0.717, 1.165) is 29.4 Å². The van der Waals surface area contributed by atoms with E-state index in [9.17, 15) is 5.11 Å².